The van der Waals surface area contributed by atoms with Gasteiger partial charge < -0.3 is 15.7 Å². The Morgan fingerprint density at radius 3 is 2.54 bits per heavy atom. The van der Waals surface area contributed by atoms with E-state index >= 15 is 0 Å². The lowest BCUT2D eigenvalue weighted by Crippen LogP contribution is -2.41. The van der Waals surface area contributed by atoms with E-state index in [0.717, 1.165) is 53.0 Å². The number of aliphatic hydroxyl groups is 1. The first-order chi connectivity index (χ1) is 16.9. The van der Waals surface area contributed by atoms with E-state index in [-0.39, 0.29) is 11.8 Å². The normalized spacial score (nSPS) is 21.8. The Labute approximate surface area is 204 Å². The highest BCUT2D eigenvalue weighted by molar-refractivity contribution is 5.85. The summed E-state index contributed by atoms with van der Waals surface area (Å²) in [5, 5.41) is 11.2. The Morgan fingerprint density at radius 2 is 1.77 bits per heavy atom. The van der Waals surface area contributed by atoms with Gasteiger partial charge >= 0.3 is 0 Å². The second-order valence-corrected chi connectivity index (χ2v) is 9.88. The number of amides is 1. The number of carbonyl (C=O) groups is 1. The van der Waals surface area contributed by atoms with Crippen molar-refractivity contribution < 1.29 is 9.90 Å². The molecule has 2 aliphatic rings. The highest BCUT2D eigenvalue weighted by atomic mass is 16.3. The third-order valence-electron chi connectivity index (χ3n) is 7.75. The van der Waals surface area contributed by atoms with Gasteiger partial charge in [-0.05, 0) is 37.3 Å². The van der Waals surface area contributed by atoms with E-state index in [4.69, 9.17) is 10.7 Å². The van der Waals surface area contributed by atoms with E-state index in [1.165, 1.54) is 0 Å². The molecule has 4 heterocycles. The zero-order chi connectivity index (χ0) is 24.2. The molecule has 2 aliphatic heterocycles. The van der Waals surface area contributed by atoms with Crippen LogP contribution in [0.2, 0.25) is 0 Å². The topological polar surface area (TPSA) is 96.8 Å². The van der Waals surface area contributed by atoms with Crippen LogP contribution in [0, 0.1) is 0 Å². The molecular formula is C28H29N5O2. The number of hydrogen-bond acceptors (Lipinski definition) is 5. The van der Waals surface area contributed by atoms with Gasteiger partial charge in [-0.2, -0.15) is 0 Å². The minimum Gasteiger partial charge on any atom is -0.382 e. The maximum atomic E-state index is 12.4. The zero-order valence-corrected chi connectivity index (χ0v) is 19.8. The van der Waals surface area contributed by atoms with Crippen molar-refractivity contribution in [3.05, 3.63) is 83.9 Å². The summed E-state index contributed by atoms with van der Waals surface area (Å²) in [6.07, 6.45) is 7.22. The predicted molar refractivity (Wildman–Crippen MR) is 135 cm³/mol. The van der Waals surface area contributed by atoms with Gasteiger partial charge in [0.05, 0.1) is 0 Å². The summed E-state index contributed by atoms with van der Waals surface area (Å²) in [6, 6.07) is 17.9. The third kappa shape index (κ3) is 3.58. The van der Waals surface area contributed by atoms with E-state index in [9.17, 15) is 9.90 Å². The quantitative estimate of drug-likeness (QED) is 0.471. The summed E-state index contributed by atoms with van der Waals surface area (Å²) < 4.78 is 2.04. The lowest BCUT2D eigenvalue weighted by molar-refractivity contribution is -0.130. The molecule has 0 radical (unpaired) electrons. The first-order valence-corrected chi connectivity index (χ1v) is 12.2. The van der Waals surface area contributed by atoms with Gasteiger partial charge in [-0.15, -0.1) is 0 Å². The first kappa shape index (κ1) is 21.8. The Hall–Kier alpha value is -3.71. The number of rotatable bonds is 4. The number of nitrogens with two attached hydrogens (primary N) is 1. The summed E-state index contributed by atoms with van der Waals surface area (Å²) in [6.45, 7) is 2.50. The van der Waals surface area contributed by atoms with E-state index in [0.29, 0.717) is 24.8 Å². The van der Waals surface area contributed by atoms with Crippen LogP contribution < -0.4 is 5.73 Å². The van der Waals surface area contributed by atoms with Gasteiger partial charge in [0.15, 0.2) is 0 Å². The third-order valence-corrected chi connectivity index (χ3v) is 7.75. The number of piperidine rings is 1. The SMILES string of the molecule is CC(O)(c1ccccc1)c1ccc(-c2nc([C@@H]3CC[C@H]4CCC(=O)N4C3)n3ccnc(N)c23)cc1. The number of carbonyl (C=O) groups excluding carboxylic acids is 1. The molecule has 1 amide bonds. The molecule has 2 saturated heterocycles. The molecular weight excluding hydrogens is 438 g/mol. The maximum Gasteiger partial charge on any atom is 0.222 e. The number of benzene rings is 2. The van der Waals surface area contributed by atoms with Crippen LogP contribution in [0.15, 0.2) is 67.0 Å². The van der Waals surface area contributed by atoms with Crippen LogP contribution in [0.1, 0.15) is 55.5 Å². The van der Waals surface area contributed by atoms with Crippen LogP contribution in [0.25, 0.3) is 16.8 Å². The molecule has 3 N–H and O–H groups in total. The number of nitrogen functional groups attached to an aromatic ring is 1. The van der Waals surface area contributed by atoms with Gasteiger partial charge in [0.25, 0.3) is 0 Å². The fraction of sp³-hybridized carbons (Fsp3) is 0.321. The smallest absolute Gasteiger partial charge is 0.222 e. The van der Waals surface area contributed by atoms with Gasteiger partial charge in [0, 0.05) is 42.9 Å². The molecule has 6 rings (SSSR count). The van der Waals surface area contributed by atoms with Crippen LogP contribution in [-0.2, 0) is 10.4 Å². The Kier molecular flexibility index (Phi) is 5.11. The van der Waals surface area contributed by atoms with E-state index in [1.807, 2.05) is 70.1 Å². The molecule has 2 aromatic heterocycles. The number of anilines is 1. The van der Waals surface area contributed by atoms with Crippen LogP contribution in [-0.4, -0.2) is 42.9 Å². The molecule has 3 atom stereocenters. The van der Waals surface area contributed by atoms with E-state index < -0.39 is 5.60 Å². The lowest BCUT2D eigenvalue weighted by atomic mass is 9.87. The van der Waals surface area contributed by atoms with Crippen LogP contribution in [0.5, 0.6) is 0 Å². The van der Waals surface area contributed by atoms with Crippen molar-refractivity contribution in [2.45, 2.75) is 50.2 Å². The molecule has 0 spiro atoms. The lowest BCUT2D eigenvalue weighted by Gasteiger charge is -2.34. The van der Waals surface area contributed by atoms with Gasteiger partial charge in [-0.3, -0.25) is 9.20 Å². The summed E-state index contributed by atoms with van der Waals surface area (Å²) >= 11 is 0. The Morgan fingerprint density at radius 1 is 1.03 bits per heavy atom. The number of aromatic nitrogens is 3. The minimum absolute atomic E-state index is 0.148. The molecule has 7 nitrogen and oxygen atoms in total. The van der Waals surface area contributed by atoms with Gasteiger partial charge in [0.1, 0.15) is 28.5 Å². The largest absolute Gasteiger partial charge is 0.382 e. The fourth-order valence-electron chi connectivity index (χ4n) is 5.74. The summed E-state index contributed by atoms with van der Waals surface area (Å²) in [5.74, 6) is 1.74. The van der Waals surface area contributed by atoms with Crippen LogP contribution in [0.4, 0.5) is 5.82 Å². The number of fused-ring (bicyclic) bond motifs is 2. The predicted octanol–water partition coefficient (Wildman–Crippen LogP) is 4.10. The van der Waals surface area contributed by atoms with Gasteiger partial charge in [-0.1, -0.05) is 54.6 Å². The average Bonchev–Trinajstić information content (AvgIpc) is 3.46. The summed E-state index contributed by atoms with van der Waals surface area (Å²) in [4.78, 5) is 23.8. The summed E-state index contributed by atoms with van der Waals surface area (Å²) in [7, 11) is 0. The van der Waals surface area contributed by atoms with Crippen molar-refractivity contribution in [1.82, 2.24) is 19.3 Å². The second kappa shape index (κ2) is 8.20. The minimum atomic E-state index is -1.11. The monoisotopic (exact) mass is 467 g/mol. The first-order valence-electron chi connectivity index (χ1n) is 12.2. The van der Waals surface area contributed by atoms with Crippen molar-refractivity contribution in [2.24, 2.45) is 0 Å². The molecule has 4 aromatic rings. The zero-order valence-electron chi connectivity index (χ0n) is 19.8. The molecule has 0 bridgehead atoms. The molecule has 2 aromatic carbocycles. The molecule has 0 aliphatic carbocycles. The molecule has 178 valence electrons. The highest BCUT2D eigenvalue weighted by Crippen LogP contribution is 2.38. The molecule has 2 fully saturated rings. The van der Waals surface area contributed by atoms with Crippen molar-refractivity contribution >= 4 is 17.2 Å². The van der Waals surface area contributed by atoms with Crippen molar-refractivity contribution in [3.8, 4) is 11.3 Å². The standard InChI is InChI=1S/C28H29N5O2/c1-28(35,20-5-3-2-4-6-20)21-10-7-18(8-11-21)24-25-26(29)30-15-16-32(25)27(31-24)19-9-12-22-13-14-23(34)33(22)17-19/h2-8,10-11,15-16,19,22,35H,9,12-14,17H2,1H3,(H2,29,30)/t19-,22+,28?/m1/s1. The number of nitrogens with zero attached hydrogens (tertiary/aromatic N) is 4. The Bertz CT molecular complexity index is 1390. The fourth-order valence-corrected chi connectivity index (χ4v) is 5.74. The molecule has 0 saturated carbocycles. The van der Waals surface area contributed by atoms with Crippen LogP contribution >= 0.6 is 0 Å². The van der Waals surface area contributed by atoms with Crippen molar-refractivity contribution in [3.63, 3.8) is 0 Å². The molecule has 1 unspecified atom stereocenters. The van der Waals surface area contributed by atoms with Crippen molar-refractivity contribution in [1.29, 1.82) is 0 Å². The van der Waals surface area contributed by atoms with Gasteiger partial charge in [-0.25, -0.2) is 9.97 Å². The van der Waals surface area contributed by atoms with E-state index in [2.05, 4.69) is 4.98 Å². The molecule has 35 heavy (non-hydrogen) atoms. The number of imidazole rings is 1. The van der Waals surface area contributed by atoms with Crippen LogP contribution in [0.3, 0.4) is 0 Å². The summed E-state index contributed by atoms with van der Waals surface area (Å²) in [5.41, 5.74) is 9.33. The van der Waals surface area contributed by atoms with Gasteiger partial charge in [0.2, 0.25) is 5.91 Å². The average molecular weight is 468 g/mol. The Balaban J connectivity index is 1.39. The number of hydrogen-bond donors (Lipinski definition) is 2. The highest BCUT2D eigenvalue weighted by Gasteiger charge is 2.38. The van der Waals surface area contributed by atoms with E-state index in [1.54, 1.807) is 13.1 Å². The van der Waals surface area contributed by atoms with Crippen molar-refractivity contribution in [2.75, 3.05) is 12.3 Å². The maximum absolute atomic E-state index is 12.4. The molecule has 7 heteroatoms. The second-order valence-electron chi connectivity index (χ2n) is 9.88.